The van der Waals surface area contributed by atoms with E-state index < -0.39 is 0 Å². The maximum atomic E-state index is 11.9. The van der Waals surface area contributed by atoms with Crippen molar-refractivity contribution in [3.8, 4) is 0 Å². The normalized spacial score (nSPS) is 10.7. The minimum absolute atomic E-state index is 0.140. The molecule has 0 aliphatic heterocycles. The molecule has 0 unspecified atom stereocenters. The van der Waals surface area contributed by atoms with E-state index in [9.17, 15) is 4.79 Å². The molecular formula is C14H11N3O. The second-order valence-electron chi connectivity index (χ2n) is 4.05. The Labute approximate surface area is 103 Å². The summed E-state index contributed by atoms with van der Waals surface area (Å²) < 4.78 is 0. The van der Waals surface area contributed by atoms with Crippen LogP contribution in [-0.4, -0.2) is 15.0 Å². The molecule has 2 aromatic heterocycles. The molecule has 3 rings (SSSR count). The third kappa shape index (κ3) is 2.00. The van der Waals surface area contributed by atoms with E-state index in [1.807, 2.05) is 30.3 Å². The van der Waals surface area contributed by atoms with Crippen LogP contribution in [0.5, 0.6) is 0 Å². The van der Waals surface area contributed by atoms with Crippen LogP contribution < -0.4 is 5.56 Å². The maximum absolute atomic E-state index is 11.9. The van der Waals surface area contributed by atoms with Crippen LogP contribution in [0, 0.1) is 0 Å². The lowest BCUT2D eigenvalue weighted by Gasteiger charge is -2.02. The van der Waals surface area contributed by atoms with Crippen molar-refractivity contribution in [1.29, 1.82) is 0 Å². The standard InChI is InChI=1S/C14H11N3O/c18-14-11-7-4-8-15-13(11)16-12(17-14)9-10-5-2-1-3-6-10/h1-8H,9H2,(H,15,16,17,18). The predicted molar refractivity (Wildman–Crippen MR) is 69.4 cm³/mol. The molecule has 0 amide bonds. The molecule has 0 bridgehead atoms. The van der Waals surface area contributed by atoms with Crippen molar-refractivity contribution in [3.63, 3.8) is 0 Å². The molecule has 0 radical (unpaired) electrons. The molecule has 4 nitrogen and oxygen atoms in total. The summed E-state index contributed by atoms with van der Waals surface area (Å²) in [6.07, 6.45) is 2.24. The third-order valence-corrected chi connectivity index (χ3v) is 2.74. The van der Waals surface area contributed by atoms with Gasteiger partial charge in [-0.15, -0.1) is 0 Å². The topological polar surface area (TPSA) is 58.6 Å². The Morgan fingerprint density at radius 3 is 2.72 bits per heavy atom. The van der Waals surface area contributed by atoms with Crippen LogP contribution in [0.15, 0.2) is 53.5 Å². The summed E-state index contributed by atoms with van der Waals surface area (Å²) in [6.45, 7) is 0. The number of nitrogens with zero attached hydrogens (tertiary/aromatic N) is 2. The van der Waals surface area contributed by atoms with Crippen LogP contribution in [0.25, 0.3) is 11.0 Å². The van der Waals surface area contributed by atoms with Crippen molar-refractivity contribution in [1.82, 2.24) is 15.0 Å². The quantitative estimate of drug-likeness (QED) is 0.740. The first kappa shape index (κ1) is 10.7. The van der Waals surface area contributed by atoms with Gasteiger partial charge in [0, 0.05) is 12.6 Å². The number of aromatic nitrogens is 3. The lowest BCUT2D eigenvalue weighted by molar-refractivity contribution is 0.964. The van der Waals surface area contributed by atoms with Crippen LogP contribution in [0.3, 0.4) is 0 Å². The van der Waals surface area contributed by atoms with Gasteiger partial charge in [0.1, 0.15) is 5.82 Å². The number of benzene rings is 1. The van der Waals surface area contributed by atoms with Gasteiger partial charge < -0.3 is 4.98 Å². The average molecular weight is 237 g/mol. The second-order valence-corrected chi connectivity index (χ2v) is 4.05. The molecule has 0 aliphatic rings. The molecule has 0 aliphatic carbocycles. The van der Waals surface area contributed by atoms with Gasteiger partial charge in [0.2, 0.25) is 0 Å². The van der Waals surface area contributed by atoms with Crippen molar-refractivity contribution < 1.29 is 0 Å². The summed E-state index contributed by atoms with van der Waals surface area (Å²) in [7, 11) is 0. The van der Waals surface area contributed by atoms with Gasteiger partial charge in [-0.1, -0.05) is 30.3 Å². The fourth-order valence-corrected chi connectivity index (χ4v) is 1.89. The van der Waals surface area contributed by atoms with E-state index in [2.05, 4.69) is 15.0 Å². The third-order valence-electron chi connectivity index (χ3n) is 2.74. The van der Waals surface area contributed by atoms with Gasteiger partial charge in [0.05, 0.1) is 5.39 Å². The van der Waals surface area contributed by atoms with Gasteiger partial charge in [0.15, 0.2) is 5.65 Å². The highest BCUT2D eigenvalue weighted by atomic mass is 16.1. The number of pyridine rings is 1. The zero-order chi connectivity index (χ0) is 12.4. The minimum atomic E-state index is -0.140. The van der Waals surface area contributed by atoms with Gasteiger partial charge in [-0.2, -0.15) is 0 Å². The molecular weight excluding hydrogens is 226 g/mol. The van der Waals surface area contributed by atoms with Crippen molar-refractivity contribution >= 4 is 11.0 Å². The van der Waals surface area contributed by atoms with E-state index in [0.717, 1.165) is 5.56 Å². The Hall–Kier alpha value is -2.49. The Bertz CT molecular complexity index is 735. The molecule has 0 fully saturated rings. The van der Waals surface area contributed by atoms with Crippen molar-refractivity contribution in [2.24, 2.45) is 0 Å². The zero-order valence-corrected chi connectivity index (χ0v) is 9.63. The van der Waals surface area contributed by atoms with Crippen LogP contribution in [-0.2, 0) is 6.42 Å². The summed E-state index contributed by atoms with van der Waals surface area (Å²) in [5.41, 5.74) is 1.46. The second kappa shape index (κ2) is 4.41. The molecule has 2 heterocycles. The molecule has 1 N–H and O–H groups in total. The Balaban J connectivity index is 2.06. The van der Waals surface area contributed by atoms with E-state index in [1.165, 1.54) is 0 Å². The van der Waals surface area contributed by atoms with E-state index >= 15 is 0 Å². The smallest absolute Gasteiger partial charge is 0.260 e. The largest absolute Gasteiger partial charge is 0.310 e. The molecule has 88 valence electrons. The SMILES string of the molecule is O=c1[nH]c(Cc2ccccc2)nc2ncccc12. The lowest BCUT2D eigenvalue weighted by atomic mass is 10.1. The zero-order valence-electron chi connectivity index (χ0n) is 9.63. The number of rotatable bonds is 2. The first-order valence-electron chi connectivity index (χ1n) is 5.71. The summed E-state index contributed by atoms with van der Waals surface area (Å²) >= 11 is 0. The molecule has 0 atom stereocenters. The van der Waals surface area contributed by atoms with E-state index in [-0.39, 0.29) is 5.56 Å². The molecule has 0 saturated carbocycles. The van der Waals surface area contributed by atoms with Crippen molar-refractivity contribution in [2.75, 3.05) is 0 Å². The number of nitrogens with one attached hydrogen (secondary N) is 1. The Kier molecular flexibility index (Phi) is 2.61. The highest BCUT2D eigenvalue weighted by Crippen LogP contribution is 2.07. The van der Waals surface area contributed by atoms with Crippen LogP contribution in [0.4, 0.5) is 0 Å². The first-order chi connectivity index (χ1) is 8.83. The van der Waals surface area contributed by atoms with Crippen LogP contribution in [0.1, 0.15) is 11.4 Å². The monoisotopic (exact) mass is 237 g/mol. The highest BCUT2D eigenvalue weighted by molar-refractivity contribution is 5.72. The molecule has 18 heavy (non-hydrogen) atoms. The molecule has 4 heteroatoms. The van der Waals surface area contributed by atoms with Crippen molar-refractivity contribution in [2.45, 2.75) is 6.42 Å². The van der Waals surface area contributed by atoms with Crippen LogP contribution in [0.2, 0.25) is 0 Å². The van der Waals surface area contributed by atoms with Crippen LogP contribution >= 0.6 is 0 Å². The molecule has 0 spiro atoms. The summed E-state index contributed by atoms with van der Waals surface area (Å²) in [4.78, 5) is 23.1. The number of fused-ring (bicyclic) bond motifs is 1. The molecule has 1 aromatic carbocycles. The van der Waals surface area contributed by atoms with Gasteiger partial charge in [-0.3, -0.25) is 4.79 Å². The summed E-state index contributed by atoms with van der Waals surface area (Å²) in [5.74, 6) is 0.636. The van der Waals surface area contributed by atoms with Gasteiger partial charge >= 0.3 is 0 Å². The van der Waals surface area contributed by atoms with Crippen molar-refractivity contribution in [3.05, 3.63) is 70.4 Å². The Morgan fingerprint density at radius 2 is 1.89 bits per heavy atom. The average Bonchev–Trinajstić information content (AvgIpc) is 2.40. The molecule has 0 saturated heterocycles. The minimum Gasteiger partial charge on any atom is -0.310 e. The number of H-pyrrole nitrogens is 1. The van der Waals surface area contributed by atoms with Gasteiger partial charge in [-0.25, -0.2) is 9.97 Å². The highest BCUT2D eigenvalue weighted by Gasteiger charge is 2.04. The number of hydrogen-bond acceptors (Lipinski definition) is 3. The fraction of sp³-hybridized carbons (Fsp3) is 0.0714. The fourth-order valence-electron chi connectivity index (χ4n) is 1.89. The van der Waals surface area contributed by atoms with E-state index in [4.69, 9.17) is 0 Å². The predicted octanol–water partition coefficient (Wildman–Crippen LogP) is 1.91. The maximum Gasteiger partial charge on any atom is 0.260 e. The summed E-state index contributed by atoms with van der Waals surface area (Å²) in [5, 5.41) is 0.523. The molecule has 3 aromatic rings. The van der Waals surface area contributed by atoms with E-state index in [0.29, 0.717) is 23.3 Å². The Morgan fingerprint density at radius 1 is 1.06 bits per heavy atom. The van der Waals surface area contributed by atoms with Gasteiger partial charge in [0.25, 0.3) is 5.56 Å². The first-order valence-corrected chi connectivity index (χ1v) is 5.71. The number of hydrogen-bond donors (Lipinski definition) is 1. The summed E-state index contributed by atoms with van der Waals surface area (Å²) in [6, 6.07) is 13.4. The van der Waals surface area contributed by atoms with Gasteiger partial charge in [-0.05, 0) is 17.7 Å². The lowest BCUT2D eigenvalue weighted by Crippen LogP contribution is -2.12. The number of aromatic amines is 1. The van der Waals surface area contributed by atoms with E-state index in [1.54, 1.807) is 18.3 Å².